The second kappa shape index (κ2) is 9.85. The molecule has 0 spiro atoms. The Morgan fingerprint density at radius 2 is 1.88 bits per heavy atom. The van der Waals surface area contributed by atoms with Crippen LogP contribution in [0.1, 0.15) is 28.8 Å². The lowest BCUT2D eigenvalue weighted by atomic mass is 10.1. The van der Waals surface area contributed by atoms with Crippen LogP contribution in [0.2, 0.25) is 0 Å². The minimum absolute atomic E-state index is 0.0234. The summed E-state index contributed by atoms with van der Waals surface area (Å²) in [5.74, 6) is 0.580. The Balaban J connectivity index is 1.20. The summed E-state index contributed by atoms with van der Waals surface area (Å²) >= 11 is 0. The molecule has 9 heteroatoms. The first-order valence-corrected chi connectivity index (χ1v) is 13.3. The largest absolute Gasteiger partial charge is 0.381 e. The van der Waals surface area contributed by atoms with Crippen LogP contribution in [0.5, 0.6) is 0 Å². The number of aliphatic imine (C=N–C) groups is 1. The van der Waals surface area contributed by atoms with E-state index in [0.717, 1.165) is 57.7 Å². The number of para-hydroxylation sites is 1. The lowest BCUT2D eigenvalue weighted by molar-refractivity contribution is 0.0611. The van der Waals surface area contributed by atoms with Gasteiger partial charge >= 0.3 is 0 Å². The summed E-state index contributed by atoms with van der Waals surface area (Å²) in [6.45, 7) is 5.85. The van der Waals surface area contributed by atoms with E-state index in [0.29, 0.717) is 35.9 Å². The van der Waals surface area contributed by atoms with Crippen LogP contribution < -0.4 is 4.72 Å². The summed E-state index contributed by atoms with van der Waals surface area (Å²) in [4.78, 5) is 21.7. The van der Waals surface area contributed by atoms with Crippen molar-refractivity contribution < 1.29 is 17.9 Å². The van der Waals surface area contributed by atoms with Gasteiger partial charge in [0.25, 0.3) is 15.9 Å². The molecular formula is C25H30N4O4S. The zero-order valence-electron chi connectivity index (χ0n) is 19.2. The van der Waals surface area contributed by atoms with Crippen LogP contribution >= 0.6 is 0 Å². The van der Waals surface area contributed by atoms with E-state index in [1.54, 1.807) is 42.6 Å². The van der Waals surface area contributed by atoms with E-state index in [9.17, 15) is 13.2 Å². The molecule has 34 heavy (non-hydrogen) atoms. The minimum atomic E-state index is -3.80. The Bertz CT molecular complexity index is 1170. The number of nitrogens with zero attached hydrogens (tertiary/aromatic N) is 3. The van der Waals surface area contributed by atoms with E-state index in [1.165, 1.54) is 0 Å². The van der Waals surface area contributed by atoms with Crippen molar-refractivity contribution in [3.05, 3.63) is 53.6 Å². The van der Waals surface area contributed by atoms with Gasteiger partial charge in [-0.25, -0.2) is 8.42 Å². The fourth-order valence-electron chi connectivity index (χ4n) is 4.81. The monoisotopic (exact) mass is 482 g/mol. The maximum atomic E-state index is 13.0. The van der Waals surface area contributed by atoms with E-state index < -0.39 is 10.0 Å². The number of hydrogen-bond donors (Lipinski definition) is 1. The van der Waals surface area contributed by atoms with Gasteiger partial charge in [0.2, 0.25) is 0 Å². The smallest absolute Gasteiger partial charge is 0.264 e. The number of aryl methyl sites for hydroxylation is 1. The van der Waals surface area contributed by atoms with Gasteiger partial charge in [0, 0.05) is 56.8 Å². The highest BCUT2D eigenvalue weighted by molar-refractivity contribution is 7.92. The van der Waals surface area contributed by atoms with Crippen LogP contribution in [0.3, 0.4) is 0 Å². The van der Waals surface area contributed by atoms with E-state index >= 15 is 0 Å². The Kier molecular flexibility index (Phi) is 6.67. The zero-order chi connectivity index (χ0) is 23.5. The third kappa shape index (κ3) is 5.01. The molecule has 1 unspecified atom stereocenters. The van der Waals surface area contributed by atoms with Gasteiger partial charge < -0.3 is 9.64 Å². The number of carbonyl (C=O) groups is 1. The molecule has 1 amide bonds. The van der Waals surface area contributed by atoms with E-state index in [2.05, 4.69) is 14.6 Å². The summed E-state index contributed by atoms with van der Waals surface area (Å²) in [6, 6.07) is 11.9. The number of piperazine rings is 1. The molecule has 5 rings (SSSR count). The highest BCUT2D eigenvalue weighted by Gasteiger charge is 2.26. The van der Waals surface area contributed by atoms with Gasteiger partial charge in [-0.05, 0) is 61.1 Å². The van der Waals surface area contributed by atoms with Gasteiger partial charge in [0.1, 0.15) is 4.90 Å². The van der Waals surface area contributed by atoms with E-state index in [1.807, 2.05) is 11.0 Å². The predicted molar refractivity (Wildman–Crippen MR) is 131 cm³/mol. The van der Waals surface area contributed by atoms with Gasteiger partial charge in [-0.1, -0.05) is 12.1 Å². The number of sulfonamides is 1. The summed E-state index contributed by atoms with van der Waals surface area (Å²) < 4.78 is 34.1. The van der Waals surface area contributed by atoms with Crippen LogP contribution in [-0.4, -0.2) is 76.3 Å². The van der Waals surface area contributed by atoms with E-state index in [4.69, 9.17) is 4.74 Å². The van der Waals surface area contributed by atoms with Crippen molar-refractivity contribution >= 4 is 33.5 Å². The number of amides is 1. The van der Waals surface area contributed by atoms with Gasteiger partial charge in [-0.15, -0.1) is 0 Å². The molecule has 2 fully saturated rings. The molecule has 3 aliphatic heterocycles. The lowest BCUT2D eigenvalue weighted by Gasteiger charge is -2.35. The van der Waals surface area contributed by atoms with Gasteiger partial charge in [0.15, 0.2) is 0 Å². The fraction of sp³-hybridized carbons (Fsp3) is 0.440. The standard InChI is InChI=1S/C25H30N4O4S/c30-25(29-14-12-28(13-15-29)17-19-10-16-33-18-19)21-6-8-22(9-7-21)27-34(31,32)23-5-1-3-20-4-2-11-26-24(20)23/h1,3,5-9,11,19,27H,2,4,10,12-18H2. The number of benzene rings is 2. The maximum Gasteiger partial charge on any atom is 0.264 e. The zero-order valence-corrected chi connectivity index (χ0v) is 20.0. The quantitative estimate of drug-likeness (QED) is 0.684. The van der Waals surface area contributed by atoms with Crippen molar-refractivity contribution in [1.29, 1.82) is 0 Å². The highest BCUT2D eigenvalue weighted by atomic mass is 32.2. The Hall–Kier alpha value is -2.75. The lowest BCUT2D eigenvalue weighted by Crippen LogP contribution is -2.49. The van der Waals surface area contributed by atoms with Crippen molar-refractivity contribution in [3.63, 3.8) is 0 Å². The Morgan fingerprint density at radius 3 is 2.62 bits per heavy atom. The molecule has 0 bridgehead atoms. The molecule has 2 aromatic rings. The van der Waals surface area contributed by atoms with E-state index in [-0.39, 0.29) is 10.8 Å². The predicted octanol–water partition coefficient (Wildman–Crippen LogP) is 2.93. The normalized spacial score (nSPS) is 20.8. The molecule has 3 heterocycles. The number of hydrogen-bond acceptors (Lipinski definition) is 6. The number of ether oxygens (including phenoxy) is 1. The van der Waals surface area contributed by atoms with Crippen LogP contribution in [0, 0.1) is 5.92 Å². The molecular weight excluding hydrogens is 452 g/mol. The van der Waals surface area contributed by atoms with Gasteiger partial charge in [0.05, 0.1) is 12.3 Å². The first kappa shape index (κ1) is 23.0. The number of anilines is 1. The average molecular weight is 483 g/mol. The maximum absolute atomic E-state index is 13.0. The van der Waals surface area contributed by atoms with Crippen LogP contribution in [0.4, 0.5) is 11.4 Å². The molecule has 2 aromatic carbocycles. The number of rotatable bonds is 6. The van der Waals surface area contributed by atoms with Crippen molar-refractivity contribution in [2.24, 2.45) is 10.9 Å². The second-order valence-corrected chi connectivity index (χ2v) is 10.8. The molecule has 180 valence electrons. The molecule has 3 aliphatic rings. The Morgan fingerprint density at radius 1 is 1.09 bits per heavy atom. The second-order valence-electron chi connectivity index (χ2n) is 9.12. The van der Waals surface area contributed by atoms with Gasteiger partial charge in [-0.2, -0.15) is 0 Å². The van der Waals surface area contributed by atoms with Crippen LogP contribution in [0.15, 0.2) is 52.4 Å². The number of fused-ring (bicyclic) bond motifs is 1. The van der Waals surface area contributed by atoms with Gasteiger partial charge in [-0.3, -0.25) is 19.4 Å². The molecule has 0 aliphatic carbocycles. The average Bonchev–Trinajstić information content (AvgIpc) is 3.37. The third-order valence-electron chi connectivity index (χ3n) is 6.72. The summed E-state index contributed by atoms with van der Waals surface area (Å²) in [6.07, 6.45) is 4.46. The molecule has 1 N–H and O–H groups in total. The van der Waals surface area contributed by atoms with Crippen molar-refractivity contribution in [2.45, 2.75) is 24.2 Å². The summed E-state index contributed by atoms with van der Waals surface area (Å²) in [5, 5.41) is 0. The summed E-state index contributed by atoms with van der Waals surface area (Å²) in [7, 11) is -3.80. The molecule has 2 saturated heterocycles. The summed E-state index contributed by atoms with van der Waals surface area (Å²) in [5.41, 5.74) is 2.41. The van der Waals surface area contributed by atoms with Crippen molar-refractivity contribution in [3.8, 4) is 0 Å². The molecule has 0 saturated carbocycles. The number of carbonyl (C=O) groups excluding carboxylic acids is 1. The first-order valence-electron chi connectivity index (χ1n) is 11.9. The Labute approximate surface area is 200 Å². The topological polar surface area (TPSA) is 91.3 Å². The molecule has 1 atom stereocenters. The van der Waals surface area contributed by atoms with Crippen molar-refractivity contribution in [2.75, 3.05) is 50.7 Å². The molecule has 0 radical (unpaired) electrons. The van der Waals surface area contributed by atoms with Crippen LogP contribution in [-0.2, 0) is 21.2 Å². The molecule has 0 aromatic heterocycles. The third-order valence-corrected chi connectivity index (χ3v) is 8.13. The van der Waals surface area contributed by atoms with Crippen LogP contribution in [0.25, 0.3) is 0 Å². The molecule has 8 nitrogen and oxygen atoms in total. The highest BCUT2D eigenvalue weighted by Crippen LogP contribution is 2.32. The number of nitrogens with one attached hydrogen (secondary N) is 1. The van der Waals surface area contributed by atoms with Crippen molar-refractivity contribution in [1.82, 2.24) is 9.80 Å². The fourth-order valence-corrected chi connectivity index (χ4v) is 6.06. The SMILES string of the molecule is O=C(c1ccc(NS(=O)(=O)c2cccc3c2N=CCC3)cc1)N1CCN(CC2CCOC2)CC1. The minimum Gasteiger partial charge on any atom is -0.381 e. The first-order chi connectivity index (χ1) is 16.5.